The summed E-state index contributed by atoms with van der Waals surface area (Å²) in [4.78, 5) is 47.0. The number of amides is 3. The third-order valence-corrected chi connectivity index (χ3v) is 7.55. The van der Waals surface area contributed by atoms with Crippen LogP contribution in [-0.2, 0) is 16.1 Å². The Morgan fingerprint density at radius 2 is 1.81 bits per heavy atom. The summed E-state index contributed by atoms with van der Waals surface area (Å²) in [6.45, 7) is 9.40. The zero-order valence-electron chi connectivity index (χ0n) is 21.2. The van der Waals surface area contributed by atoms with E-state index < -0.39 is 11.9 Å². The normalized spacial score (nSPS) is 20.4. The summed E-state index contributed by atoms with van der Waals surface area (Å²) in [6, 6.07) is 8.41. The summed E-state index contributed by atoms with van der Waals surface area (Å²) in [5, 5.41) is 5.24. The van der Waals surface area contributed by atoms with E-state index in [-0.39, 0.29) is 35.7 Å². The van der Waals surface area contributed by atoms with Gasteiger partial charge in [-0.15, -0.1) is 11.3 Å². The van der Waals surface area contributed by atoms with Gasteiger partial charge in [0.05, 0.1) is 12.6 Å². The molecule has 9 heteroatoms. The fraction of sp³-hybridized carbons (Fsp3) is 0.519. The molecule has 0 aliphatic carbocycles. The molecule has 1 aromatic carbocycles. The van der Waals surface area contributed by atoms with Gasteiger partial charge < -0.3 is 20.0 Å². The van der Waals surface area contributed by atoms with Gasteiger partial charge in [-0.25, -0.2) is 4.39 Å². The van der Waals surface area contributed by atoms with E-state index in [4.69, 9.17) is 0 Å². The fourth-order valence-corrected chi connectivity index (χ4v) is 5.60. The lowest BCUT2D eigenvalue weighted by Gasteiger charge is -2.32. The molecule has 2 aromatic rings. The fourth-order valence-electron chi connectivity index (χ4n) is 4.90. The predicted octanol–water partition coefficient (Wildman–Crippen LogP) is 3.37. The Balaban J connectivity index is 1.63. The molecule has 3 amide bonds. The third kappa shape index (κ3) is 6.31. The first-order valence-electron chi connectivity index (χ1n) is 12.5. The number of halogens is 1. The van der Waals surface area contributed by atoms with Gasteiger partial charge in [0.2, 0.25) is 11.8 Å². The van der Waals surface area contributed by atoms with Gasteiger partial charge in [0.1, 0.15) is 11.9 Å². The monoisotopic (exact) mass is 514 g/mol. The number of thiophene rings is 1. The Morgan fingerprint density at radius 1 is 1.11 bits per heavy atom. The average Bonchev–Trinajstić information content (AvgIpc) is 3.52. The molecule has 1 N–H and O–H groups in total. The third-order valence-electron chi connectivity index (χ3n) is 6.69. The molecule has 36 heavy (non-hydrogen) atoms. The number of rotatable bonds is 6. The van der Waals surface area contributed by atoms with Gasteiger partial charge in [0.15, 0.2) is 0 Å². The van der Waals surface area contributed by atoms with Crippen LogP contribution in [0.5, 0.6) is 0 Å². The van der Waals surface area contributed by atoms with Crippen LogP contribution < -0.4 is 5.32 Å². The molecule has 0 bridgehead atoms. The van der Waals surface area contributed by atoms with Crippen molar-refractivity contribution in [1.29, 1.82) is 0 Å². The first-order chi connectivity index (χ1) is 17.1. The van der Waals surface area contributed by atoms with Crippen LogP contribution in [0, 0.1) is 11.2 Å². The number of carbonyl (C=O) groups excluding carboxylic acids is 3. The highest BCUT2D eigenvalue weighted by atomic mass is 32.1. The first kappa shape index (κ1) is 26.3. The summed E-state index contributed by atoms with van der Waals surface area (Å²) in [5.41, 5.74) is 0.143. The maximum atomic E-state index is 13.6. The maximum Gasteiger partial charge on any atom is 0.254 e. The van der Waals surface area contributed by atoms with E-state index in [1.165, 1.54) is 24.3 Å². The number of nitrogens with one attached hydrogen (secondary N) is 1. The summed E-state index contributed by atoms with van der Waals surface area (Å²) in [6.07, 6.45) is 0.758. The molecule has 2 fully saturated rings. The van der Waals surface area contributed by atoms with E-state index >= 15 is 0 Å². The van der Waals surface area contributed by atoms with Crippen LogP contribution >= 0.6 is 11.3 Å². The molecule has 2 aliphatic heterocycles. The minimum Gasteiger partial charge on any atom is -0.338 e. The largest absolute Gasteiger partial charge is 0.338 e. The lowest BCUT2D eigenvalue weighted by Crippen LogP contribution is -2.53. The van der Waals surface area contributed by atoms with Crippen molar-refractivity contribution >= 4 is 29.1 Å². The highest BCUT2D eigenvalue weighted by Gasteiger charge is 2.45. The number of hydrogen-bond acceptors (Lipinski definition) is 5. The van der Waals surface area contributed by atoms with E-state index in [1.807, 2.05) is 43.2 Å². The molecule has 1 aromatic heterocycles. The molecular formula is C27H35FN4O3S. The van der Waals surface area contributed by atoms with E-state index in [2.05, 4.69) is 5.32 Å². The molecule has 2 atom stereocenters. The van der Waals surface area contributed by atoms with E-state index in [0.717, 1.165) is 4.88 Å². The van der Waals surface area contributed by atoms with Crippen LogP contribution in [0.2, 0.25) is 0 Å². The zero-order valence-corrected chi connectivity index (χ0v) is 22.0. The van der Waals surface area contributed by atoms with Crippen molar-refractivity contribution in [3.8, 4) is 0 Å². The lowest BCUT2D eigenvalue weighted by molar-refractivity contribution is -0.137. The van der Waals surface area contributed by atoms with Gasteiger partial charge in [-0.2, -0.15) is 0 Å². The van der Waals surface area contributed by atoms with Crippen molar-refractivity contribution in [2.75, 3.05) is 32.7 Å². The topological polar surface area (TPSA) is 73.0 Å². The standard InChI is InChI=1S/C27H35FN4O3S/c1-27(2,3)16-24(33)31(18-22-5-4-14-36-22)21-15-23(26(35)30-12-10-29-11-13-30)32(17-21)25(34)19-6-8-20(28)9-7-19/h4-9,14,21,23,29H,10-13,15-18H2,1-3H3. The van der Waals surface area contributed by atoms with Crippen molar-refractivity contribution in [2.45, 2.75) is 52.2 Å². The minimum atomic E-state index is -0.668. The van der Waals surface area contributed by atoms with E-state index in [1.54, 1.807) is 21.1 Å². The smallest absolute Gasteiger partial charge is 0.254 e. The van der Waals surface area contributed by atoms with Crippen molar-refractivity contribution in [3.63, 3.8) is 0 Å². The molecule has 2 unspecified atom stereocenters. The Hall–Kier alpha value is -2.78. The Morgan fingerprint density at radius 3 is 2.42 bits per heavy atom. The predicted molar refractivity (Wildman–Crippen MR) is 138 cm³/mol. The van der Waals surface area contributed by atoms with Gasteiger partial charge >= 0.3 is 0 Å². The van der Waals surface area contributed by atoms with Crippen LogP contribution in [-0.4, -0.2) is 77.2 Å². The van der Waals surface area contributed by atoms with Gasteiger partial charge in [-0.05, 0) is 47.5 Å². The number of carbonyl (C=O) groups is 3. The number of nitrogens with zero attached hydrogens (tertiary/aromatic N) is 3. The van der Waals surface area contributed by atoms with Crippen molar-refractivity contribution in [2.24, 2.45) is 5.41 Å². The quantitative estimate of drug-likeness (QED) is 0.642. The van der Waals surface area contributed by atoms with Crippen LogP contribution in [0.1, 0.15) is 48.8 Å². The zero-order chi connectivity index (χ0) is 25.9. The Bertz CT molecular complexity index is 1060. The van der Waals surface area contributed by atoms with E-state index in [9.17, 15) is 18.8 Å². The molecule has 0 spiro atoms. The number of benzene rings is 1. The van der Waals surface area contributed by atoms with Crippen molar-refractivity contribution in [1.82, 2.24) is 20.0 Å². The summed E-state index contributed by atoms with van der Waals surface area (Å²) >= 11 is 1.59. The second-order valence-corrected chi connectivity index (χ2v) is 11.8. The van der Waals surface area contributed by atoms with Gasteiger partial charge in [-0.3, -0.25) is 14.4 Å². The molecule has 0 radical (unpaired) electrons. The SMILES string of the molecule is CC(C)(C)CC(=O)N(Cc1cccs1)C1CC(C(=O)N2CCNCC2)N(C(=O)c2ccc(F)cc2)C1. The van der Waals surface area contributed by atoms with Crippen LogP contribution in [0.25, 0.3) is 0 Å². The highest BCUT2D eigenvalue weighted by molar-refractivity contribution is 7.09. The molecule has 4 rings (SSSR count). The summed E-state index contributed by atoms with van der Waals surface area (Å²) in [5.74, 6) is -0.807. The highest BCUT2D eigenvalue weighted by Crippen LogP contribution is 2.30. The van der Waals surface area contributed by atoms with Gasteiger partial charge in [0, 0.05) is 49.6 Å². The second kappa shape index (κ2) is 11.1. The first-order valence-corrected chi connectivity index (χ1v) is 13.4. The summed E-state index contributed by atoms with van der Waals surface area (Å²) in [7, 11) is 0. The van der Waals surface area contributed by atoms with Crippen LogP contribution in [0.3, 0.4) is 0 Å². The molecule has 194 valence electrons. The van der Waals surface area contributed by atoms with Gasteiger partial charge in [0.25, 0.3) is 5.91 Å². The van der Waals surface area contributed by atoms with Crippen LogP contribution in [0.4, 0.5) is 4.39 Å². The van der Waals surface area contributed by atoms with Crippen LogP contribution in [0.15, 0.2) is 41.8 Å². The molecular weight excluding hydrogens is 479 g/mol. The Kier molecular flexibility index (Phi) is 8.10. The molecule has 2 aliphatic rings. The molecule has 3 heterocycles. The molecule has 0 saturated carbocycles. The average molecular weight is 515 g/mol. The summed E-state index contributed by atoms with van der Waals surface area (Å²) < 4.78 is 13.5. The number of piperazine rings is 1. The molecule has 2 saturated heterocycles. The van der Waals surface area contributed by atoms with Crippen molar-refractivity contribution < 1.29 is 18.8 Å². The maximum absolute atomic E-state index is 13.6. The van der Waals surface area contributed by atoms with Gasteiger partial charge in [-0.1, -0.05) is 26.8 Å². The van der Waals surface area contributed by atoms with Crippen molar-refractivity contribution in [3.05, 3.63) is 58.0 Å². The minimum absolute atomic E-state index is 0.0188. The Labute approximate surface area is 216 Å². The molecule has 7 nitrogen and oxygen atoms in total. The number of likely N-dealkylation sites (tertiary alicyclic amines) is 1. The second-order valence-electron chi connectivity index (χ2n) is 10.8. The van der Waals surface area contributed by atoms with E-state index in [0.29, 0.717) is 51.1 Å². The lowest BCUT2D eigenvalue weighted by atomic mass is 9.91. The number of hydrogen-bond donors (Lipinski definition) is 1.